The van der Waals surface area contributed by atoms with Crippen LogP contribution in [0.3, 0.4) is 0 Å². The zero-order chi connectivity index (χ0) is 18.6. The molecule has 3 aromatic rings. The lowest BCUT2D eigenvalue weighted by Crippen LogP contribution is -2.26. The number of nitrogens with zero attached hydrogens (tertiary/aromatic N) is 1. The first-order chi connectivity index (χ1) is 13.2. The first-order valence-electron chi connectivity index (χ1n) is 8.91. The van der Waals surface area contributed by atoms with E-state index in [1.165, 1.54) is 0 Å². The number of aromatic amines is 1. The number of imidazole rings is 1. The van der Waals surface area contributed by atoms with Crippen LogP contribution in [0.5, 0.6) is 11.5 Å². The van der Waals surface area contributed by atoms with E-state index in [1.54, 1.807) is 7.11 Å². The van der Waals surface area contributed by atoms with Crippen LogP contribution in [0.2, 0.25) is 0 Å². The van der Waals surface area contributed by atoms with Crippen molar-refractivity contribution in [2.75, 3.05) is 13.7 Å². The Morgan fingerprint density at radius 1 is 1.11 bits per heavy atom. The number of carbonyl (C=O) groups excluding carboxylic acids is 1. The summed E-state index contributed by atoms with van der Waals surface area (Å²) in [5.74, 6) is 2.17. The van der Waals surface area contributed by atoms with Gasteiger partial charge >= 0.3 is 0 Å². The number of rotatable bonds is 5. The van der Waals surface area contributed by atoms with E-state index in [4.69, 9.17) is 9.47 Å². The van der Waals surface area contributed by atoms with E-state index in [-0.39, 0.29) is 18.4 Å². The molecule has 1 aliphatic heterocycles. The van der Waals surface area contributed by atoms with Crippen molar-refractivity contribution in [3.63, 3.8) is 0 Å². The summed E-state index contributed by atoms with van der Waals surface area (Å²) < 4.78 is 11.2. The number of carbonyl (C=O) groups is 1. The molecule has 0 aliphatic carbocycles. The zero-order valence-electron chi connectivity index (χ0n) is 15.1. The van der Waals surface area contributed by atoms with Gasteiger partial charge in [0.1, 0.15) is 29.6 Å². The molecule has 2 N–H and O–H groups in total. The van der Waals surface area contributed by atoms with Gasteiger partial charge < -0.3 is 19.8 Å². The van der Waals surface area contributed by atoms with Gasteiger partial charge in [0.15, 0.2) is 0 Å². The lowest BCUT2D eigenvalue weighted by Gasteiger charge is -2.17. The Balaban J connectivity index is 1.56. The molecule has 138 valence electrons. The predicted octanol–water partition coefficient (Wildman–Crippen LogP) is 3.07. The molecule has 1 atom stereocenters. The number of H-pyrrole nitrogens is 1. The molecule has 1 aromatic heterocycles. The Morgan fingerprint density at radius 3 is 2.70 bits per heavy atom. The van der Waals surface area contributed by atoms with Crippen LogP contribution in [-0.2, 0) is 13.0 Å². The highest BCUT2D eigenvalue weighted by Crippen LogP contribution is 2.30. The van der Waals surface area contributed by atoms with E-state index in [0.717, 1.165) is 22.8 Å². The van der Waals surface area contributed by atoms with Crippen molar-refractivity contribution in [1.82, 2.24) is 15.3 Å². The topological polar surface area (TPSA) is 76.2 Å². The van der Waals surface area contributed by atoms with Gasteiger partial charge in [0.05, 0.1) is 7.11 Å². The standard InChI is InChI=1S/C21H21N3O3/c1-26-18-10-6-5-9-16(18)14-11-17-20(21(25)22-12-14)24-19(23-17)13-27-15-7-3-2-4-8-15/h2-10,14H,11-13H2,1H3,(H,22,25)(H,23,24). The second-order valence-corrected chi connectivity index (χ2v) is 6.47. The second kappa shape index (κ2) is 7.53. The third-order valence-corrected chi connectivity index (χ3v) is 4.70. The second-order valence-electron chi connectivity index (χ2n) is 6.47. The van der Waals surface area contributed by atoms with Gasteiger partial charge in [-0.2, -0.15) is 0 Å². The van der Waals surface area contributed by atoms with E-state index in [0.29, 0.717) is 24.5 Å². The number of aromatic nitrogens is 2. The third kappa shape index (κ3) is 3.65. The highest BCUT2D eigenvalue weighted by atomic mass is 16.5. The molecule has 6 heteroatoms. The monoisotopic (exact) mass is 363 g/mol. The molecular formula is C21H21N3O3. The normalized spacial score (nSPS) is 16.2. The fourth-order valence-corrected chi connectivity index (χ4v) is 3.38. The van der Waals surface area contributed by atoms with Gasteiger partial charge in [0.25, 0.3) is 5.91 Å². The minimum absolute atomic E-state index is 0.106. The molecule has 0 spiro atoms. The Bertz CT molecular complexity index is 937. The molecule has 0 saturated carbocycles. The average molecular weight is 363 g/mol. The van der Waals surface area contributed by atoms with Crippen molar-refractivity contribution >= 4 is 5.91 Å². The minimum atomic E-state index is -0.162. The Hall–Kier alpha value is -3.28. The maximum absolute atomic E-state index is 12.5. The van der Waals surface area contributed by atoms with Crippen molar-refractivity contribution in [3.05, 3.63) is 77.4 Å². The van der Waals surface area contributed by atoms with Crippen LogP contribution in [0.4, 0.5) is 0 Å². The summed E-state index contributed by atoms with van der Waals surface area (Å²) >= 11 is 0. The summed E-state index contributed by atoms with van der Waals surface area (Å²) in [7, 11) is 1.66. The Morgan fingerprint density at radius 2 is 1.89 bits per heavy atom. The number of hydrogen-bond donors (Lipinski definition) is 2. The molecule has 1 unspecified atom stereocenters. The van der Waals surface area contributed by atoms with E-state index in [2.05, 4.69) is 15.3 Å². The summed E-state index contributed by atoms with van der Waals surface area (Å²) in [5.41, 5.74) is 2.34. The number of methoxy groups -OCH3 is 1. The first kappa shape index (κ1) is 17.1. The summed E-state index contributed by atoms with van der Waals surface area (Å²) in [5, 5.41) is 2.97. The van der Waals surface area contributed by atoms with Gasteiger partial charge in [0.2, 0.25) is 0 Å². The summed E-state index contributed by atoms with van der Waals surface area (Å²) in [6.07, 6.45) is 0.673. The van der Waals surface area contributed by atoms with Gasteiger partial charge in [-0.15, -0.1) is 0 Å². The molecule has 0 fully saturated rings. The largest absolute Gasteiger partial charge is 0.496 e. The highest BCUT2D eigenvalue weighted by molar-refractivity contribution is 5.94. The minimum Gasteiger partial charge on any atom is -0.496 e. The summed E-state index contributed by atoms with van der Waals surface area (Å²) in [6, 6.07) is 17.4. The molecule has 2 aromatic carbocycles. The van der Waals surface area contributed by atoms with Gasteiger partial charge in [-0.05, 0) is 30.2 Å². The molecule has 4 rings (SSSR count). The van der Waals surface area contributed by atoms with E-state index >= 15 is 0 Å². The maximum Gasteiger partial charge on any atom is 0.271 e. The number of hydrogen-bond acceptors (Lipinski definition) is 4. The average Bonchev–Trinajstić information content (AvgIpc) is 3.06. The Labute approximate surface area is 157 Å². The van der Waals surface area contributed by atoms with Crippen LogP contribution < -0.4 is 14.8 Å². The number of fused-ring (bicyclic) bond motifs is 1. The SMILES string of the molecule is COc1ccccc1C1CNC(=O)c2nc(COc3ccccc3)[nH]c2C1. The van der Waals surface area contributed by atoms with Gasteiger partial charge in [0, 0.05) is 18.2 Å². The maximum atomic E-state index is 12.5. The van der Waals surface area contributed by atoms with Crippen LogP contribution in [0.1, 0.15) is 33.5 Å². The fraction of sp³-hybridized carbons (Fsp3) is 0.238. The first-order valence-corrected chi connectivity index (χ1v) is 8.91. The van der Waals surface area contributed by atoms with E-state index in [9.17, 15) is 4.79 Å². The molecule has 27 heavy (non-hydrogen) atoms. The molecule has 0 saturated heterocycles. The molecule has 1 aliphatic rings. The van der Waals surface area contributed by atoms with Gasteiger partial charge in [-0.3, -0.25) is 4.79 Å². The number of ether oxygens (including phenoxy) is 2. The number of para-hydroxylation sites is 2. The molecule has 1 amide bonds. The van der Waals surface area contributed by atoms with Crippen LogP contribution in [0.25, 0.3) is 0 Å². The summed E-state index contributed by atoms with van der Waals surface area (Å²) in [4.78, 5) is 20.2. The van der Waals surface area contributed by atoms with Gasteiger partial charge in [-0.25, -0.2) is 4.98 Å². The lowest BCUT2D eigenvalue weighted by molar-refractivity contribution is 0.0950. The molecular weight excluding hydrogens is 342 g/mol. The van der Waals surface area contributed by atoms with Crippen LogP contribution in [-0.4, -0.2) is 29.5 Å². The molecule has 2 heterocycles. The third-order valence-electron chi connectivity index (χ3n) is 4.70. The highest BCUT2D eigenvalue weighted by Gasteiger charge is 2.27. The number of benzene rings is 2. The Kier molecular flexibility index (Phi) is 4.78. The molecule has 6 nitrogen and oxygen atoms in total. The van der Waals surface area contributed by atoms with Crippen LogP contribution in [0, 0.1) is 0 Å². The van der Waals surface area contributed by atoms with Crippen molar-refractivity contribution < 1.29 is 14.3 Å². The quantitative estimate of drug-likeness (QED) is 0.730. The van der Waals surface area contributed by atoms with Crippen molar-refractivity contribution in [1.29, 1.82) is 0 Å². The fourth-order valence-electron chi connectivity index (χ4n) is 3.38. The van der Waals surface area contributed by atoms with Crippen molar-refractivity contribution in [2.45, 2.75) is 18.9 Å². The summed E-state index contributed by atoms with van der Waals surface area (Å²) in [6.45, 7) is 0.822. The van der Waals surface area contributed by atoms with Crippen LogP contribution in [0.15, 0.2) is 54.6 Å². The smallest absolute Gasteiger partial charge is 0.271 e. The van der Waals surface area contributed by atoms with Crippen molar-refractivity contribution in [3.8, 4) is 11.5 Å². The van der Waals surface area contributed by atoms with E-state index in [1.807, 2.05) is 54.6 Å². The van der Waals surface area contributed by atoms with E-state index < -0.39 is 0 Å². The molecule has 0 bridgehead atoms. The van der Waals surface area contributed by atoms with Crippen molar-refractivity contribution in [2.24, 2.45) is 0 Å². The molecule has 0 radical (unpaired) electrons. The van der Waals surface area contributed by atoms with Gasteiger partial charge in [-0.1, -0.05) is 36.4 Å². The van der Waals surface area contributed by atoms with Crippen LogP contribution >= 0.6 is 0 Å². The zero-order valence-corrected chi connectivity index (χ0v) is 15.1. The number of amides is 1. The predicted molar refractivity (Wildman–Crippen MR) is 101 cm³/mol. The lowest BCUT2D eigenvalue weighted by atomic mass is 9.93. The number of nitrogens with one attached hydrogen (secondary N) is 2.